The molecule has 0 radical (unpaired) electrons. The summed E-state index contributed by atoms with van der Waals surface area (Å²) in [6.45, 7) is 0.941. The van der Waals surface area contributed by atoms with E-state index in [1.54, 1.807) is 29.0 Å². The number of hydrogen-bond acceptors (Lipinski definition) is 4. The van der Waals surface area contributed by atoms with E-state index in [1.165, 1.54) is 0 Å². The van der Waals surface area contributed by atoms with Crippen molar-refractivity contribution in [2.75, 3.05) is 25.5 Å². The predicted molar refractivity (Wildman–Crippen MR) is 79.8 cm³/mol. The minimum Gasteiger partial charge on any atom is -0.497 e. The lowest BCUT2D eigenvalue weighted by molar-refractivity contribution is 0.156. The first-order valence-corrected chi connectivity index (χ1v) is 6.84. The molecule has 0 atom stereocenters. The Morgan fingerprint density at radius 2 is 2.27 bits per heavy atom. The molecule has 1 saturated heterocycles. The van der Waals surface area contributed by atoms with Crippen molar-refractivity contribution in [2.24, 2.45) is 5.92 Å². The number of ether oxygens (including phenoxy) is 1. The summed E-state index contributed by atoms with van der Waals surface area (Å²) in [4.78, 5) is 13.7. The lowest BCUT2D eigenvalue weighted by atomic mass is 10.0. The Morgan fingerprint density at radius 3 is 2.91 bits per heavy atom. The van der Waals surface area contributed by atoms with Crippen molar-refractivity contribution < 1.29 is 9.53 Å². The standard InChI is InChI=1S/C15H15N5O2/c1-22-14-6-12(5-13(7-14)20-4-2-3-17-20)18-15(21)19-9-11(8-16)10-19/h2-7,11H,9-10H2,1H3,(H,18,21). The van der Waals surface area contributed by atoms with Gasteiger partial charge in [-0.25, -0.2) is 9.48 Å². The average Bonchev–Trinajstić information content (AvgIpc) is 3.00. The van der Waals surface area contributed by atoms with Crippen molar-refractivity contribution in [3.05, 3.63) is 36.7 Å². The zero-order valence-electron chi connectivity index (χ0n) is 12.1. The fraction of sp³-hybridized carbons (Fsp3) is 0.267. The third-order valence-corrected chi connectivity index (χ3v) is 3.50. The second kappa shape index (κ2) is 5.77. The topological polar surface area (TPSA) is 83.2 Å². The molecule has 1 N–H and O–H groups in total. The van der Waals surface area contributed by atoms with Crippen LogP contribution in [0, 0.1) is 17.2 Å². The van der Waals surface area contributed by atoms with Crippen molar-refractivity contribution in [1.82, 2.24) is 14.7 Å². The number of rotatable bonds is 3. The highest BCUT2D eigenvalue weighted by Crippen LogP contribution is 2.24. The minimum absolute atomic E-state index is 0.0595. The highest BCUT2D eigenvalue weighted by atomic mass is 16.5. The molecule has 2 amide bonds. The summed E-state index contributed by atoms with van der Waals surface area (Å²) in [7, 11) is 1.57. The quantitative estimate of drug-likeness (QED) is 0.937. The SMILES string of the molecule is COc1cc(NC(=O)N2CC(C#N)C2)cc(-n2cccn2)c1. The minimum atomic E-state index is -0.217. The summed E-state index contributed by atoms with van der Waals surface area (Å²) < 4.78 is 6.95. The Balaban J connectivity index is 1.77. The van der Waals surface area contributed by atoms with Crippen LogP contribution in [0.4, 0.5) is 10.5 Å². The zero-order valence-corrected chi connectivity index (χ0v) is 12.1. The molecule has 22 heavy (non-hydrogen) atoms. The molecule has 0 unspecified atom stereocenters. The van der Waals surface area contributed by atoms with E-state index in [2.05, 4.69) is 16.5 Å². The molecule has 1 aromatic heterocycles. The number of amides is 2. The van der Waals surface area contributed by atoms with Gasteiger partial charge < -0.3 is 15.0 Å². The number of likely N-dealkylation sites (tertiary alicyclic amines) is 1. The van der Waals surface area contributed by atoms with Crippen molar-refractivity contribution in [3.8, 4) is 17.5 Å². The molecule has 1 aliphatic heterocycles. The van der Waals surface area contributed by atoms with E-state index in [1.807, 2.05) is 24.4 Å². The maximum absolute atomic E-state index is 12.1. The van der Waals surface area contributed by atoms with Gasteiger partial charge in [-0.3, -0.25) is 0 Å². The second-order valence-electron chi connectivity index (χ2n) is 5.03. The van der Waals surface area contributed by atoms with Crippen LogP contribution in [0.3, 0.4) is 0 Å². The van der Waals surface area contributed by atoms with Crippen LogP contribution in [0.15, 0.2) is 36.7 Å². The molecule has 1 fully saturated rings. The van der Waals surface area contributed by atoms with Gasteiger partial charge in [-0.05, 0) is 12.1 Å². The average molecular weight is 297 g/mol. The number of benzene rings is 1. The highest BCUT2D eigenvalue weighted by Gasteiger charge is 2.30. The summed E-state index contributed by atoms with van der Waals surface area (Å²) in [5.41, 5.74) is 1.41. The Morgan fingerprint density at radius 1 is 1.45 bits per heavy atom. The van der Waals surface area contributed by atoms with Crippen molar-refractivity contribution in [1.29, 1.82) is 5.26 Å². The third kappa shape index (κ3) is 2.72. The van der Waals surface area contributed by atoms with Crippen LogP contribution in [0.1, 0.15) is 0 Å². The van der Waals surface area contributed by atoms with Gasteiger partial charge in [-0.1, -0.05) is 0 Å². The van der Waals surface area contributed by atoms with E-state index in [0.717, 1.165) is 5.69 Å². The summed E-state index contributed by atoms with van der Waals surface area (Å²) in [6, 6.07) is 9.13. The molecule has 0 bridgehead atoms. The van der Waals surface area contributed by atoms with Gasteiger partial charge in [-0.2, -0.15) is 10.4 Å². The summed E-state index contributed by atoms with van der Waals surface area (Å²) in [5.74, 6) is 0.567. The van der Waals surface area contributed by atoms with Crippen molar-refractivity contribution in [2.45, 2.75) is 0 Å². The molecule has 0 aliphatic carbocycles. The summed E-state index contributed by atoms with van der Waals surface area (Å²) >= 11 is 0. The Hall–Kier alpha value is -3.01. The van der Waals surface area contributed by atoms with Gasteiger partial charge in [0.2, 0.25) is 0 Å². The molecule has 7 heteroatoms. The molecule has 7 nitrogen and oxygen atoms in total. The number of methoxy groups -OCH3 is 1. The van der Waals surface area contributed by atoms with Gasteiger partial charge >= 0.3 is 6.03 Å². The molecule has 1 aromatic carbocycles. The number of aromatic nitrogens is 2. The van der Waals surface area contributed by atoms with E-state index in [4.69, 9.17) is 10.00 Å². The molecule has 0 spiro atoms. The Bertz CT molecular complexity index is 714. The van der Waals surface area contributed by atoms with Crippen LogP contribution in [0.25, 0.3) is 5.69 Å². The number of hydrogen-bond donors (Lipinski definition) is 1. The van der Waals surface area contributed by atoms with Crippen LogP contribution in [0.2, 0.25) is 0 Å². The van der Waals surface area contributed by atoms with Gasteiger partial charge in [0.1, 0.15) is 5.75 Å². The molecule has 112 valence electrons. The maximum Gasteiger partial charge on any atom is 0.321 e. The molecule has 2 heterocycles. The number of carbonyl (C=O) groups excluding carboxylic acids is 1. The van der Waals surface area contributed by atoms with Gasteiger partial charge in [0.05, 0.1) is 24.8 Å². The molecule has 0 saturated carbocycles. The largest absolute Gasteiger partial charge is 0.497 e. The number of carbonyl (C=O) groups is 1. The number of nitrogens with zero attached hydrogens (tertiary/aromatic N) is 4. The van der Waals surface area contributed by atoms with E-state index in [0.29, 0.717) is 24.5 Å². The first-order valence-electron chi connectivity index (χ1n) is 6.84. The lowest BCUT2D eigenvalue weighted by Crippen LogP contribution is -2.51. The fourth-order valence-electron chi connectivity index (χ4n) is 2.26. The van der Waals surface area contributed by atoms with Crippen molar-refractivity contribution >= 4 is 11.7 Å². The van der Waals surface area contributed by atoms with Gasteiger partial charge in [-0.15, -0.1) is 0 Å². The Labute approximate surface area is 127 Å². The smallest absolute Gasteiger partial charge is 0.321 e. The van der Waals surface area contributed by atoms with Crippen LogP contribution >= 0.6 is 0 Å². The number of urea groups is 1. The van der Waals surface area contributed by atoms with Crippen LogP contribution in [0.5, 0.6) is 5.75 Å². The molecule has 3 rings (SSSR count). The normalized spacial score (nSPS) is 14.1. The first kappa shape index (κ1) is 13.9. The lowest BCUT2D eigenvalue weighted by Gasteiger charge is -2.35. The van der Waals surface area contributed by atoms with Gasteiger partial charge in [0.15, 0.2) is 0 Å². The zero-order chi connectivity index (χ0) is 15.5. The summed E-state index contributed by atoms with van der Waals surface area (Å²) in [6.07, 6.45) is 3.49. The molecular weight excluding hydrogens is 282 g/mol. The molecular formula is C15H15N5O2. The van der Waals surface area contributed by atoms with E-state index in [-0.39, 0.29) is 11.9 Å². The van der Waals surface area contributed by atoms with Crippen molar-refractivity contribution in [3.63, 3.8) is 0 Å². The molecule has 1 aliphatic rings. The van der Waals surface area contributed by atoms with E-state index >= 15 is 0 Å². The van der Waals surface area contributed by atoms with Crippen LogP contribution < -0.4 is 10.1 Å². The van der Waals surface area contributed by atoms with E-state index in [9.17, 15) is 4.79 Å². The van der Waals surface area contributed by atoms with Gasteiger partial charge in [0.25, 0.3) is 0 Å². The monoisotopic (exact) mass is 297 g/mol. The fourth-order valence-corrected chi connectivity index (χ4v) is 2.26. The van der Waals surface area contributed by atoms with Crippen LogP contribution in [-0.2, 0) is 0 Å². The Kier molecular flexibility index (Phi) is 3.66. The van der Waals surface area contributed by atoms with Crippen LogP contribution in [-0.4, -0.2) is 40.9 Å². The third-order valence-electron chi connectivity index (χ3n) is 3.50. The number of nitriles is 1. The van der Waals surface area contributed by atoms with Gasteiger partial charge in [0, 0.05) is 43.3 Å². The number of anilines is 1. The highest BCUT2D eigenvalue weighted by molar-refractivity contribution is 5.90. The predicted octanol–water partition coefficient (Wildman–Crippen LogP) is 1.87. The van der Waals surface area contributed by atoms with E-state index < -0.39 is 0 Å². The summed E-state index contributed by atoms with van der Waals surface area (Å²) in [5, 5.41) is 15.7. The second-order valence-corrected chi connectivity index (χ2v) is 5.03. The number of nitrogens with one attached hydrogen (secondary N) is 1. The maximum atomic E-state index is 12.1. The first-order chi connectivity index (χ1) is 10.7. The molecule has 2 aromatic rings.